The van der Waals surface area contributed by atoms with Crippen molar-refractivity contribution >= 4 is 29.2 Å². The van der Waals surface area contributed by atoms with Crippen LogP contribution in [0.2, 0.25) is 5.02 Å². The summed E-state index contributed by atoms with van der Waals surface area (Å²) in [6, 6.07) is 5.16. The summed E-state index contributed by atoms with van der Waals surface area (Å²) >= 11 is 6.00. The number of carbonyl (C=O) groups is 2. The topological polar surface area (TPSA) is 77.8 Å². The van der Waals surface area contributed by atoms with Crippen LogP contribution >= 0.6 is 11.6 Å². The summed E-state index contributed by atoms with van der Waals surface area (Å²) in [7, 11) is 0. The lowest BCUT2D eigenvalue weighted by Gasteiger charge is -2.25. The van der Waals surface area contributed by atoms with Crippen molar-refractivity contribution < 1.29 is 19.8 Å². The van der Waals surface area contributed by atoms with E-state index in [9.17, 15) is 9.59 Å². The molecule has 2 N–H and O–H groups in total. The number of hydrogen-bond acceptors (Lipinski definition) is 3. The van der Waals surface area contributed by atoms with E-state index >= 15 is 0 Å². The number of halogens is 1. The molecule has 1 atom stereocenters. The van der Waals surface area contributed by atoms with E-state index < -0.39 is 17.9 Å². The van der Waals surface area contributed by atoms with Crippen LogP contribution in [0.25, 0.3) is 0 Å². The summed E-state index contributed by atoms with van der Waals surface area (Å²) < 4.78 is 0. The Morgan fingerprint density at radius 2 is 2.00 bits per heavy atom. The Hall–Kier alpha value is -1.75. The summed E-state index contributed by atoms with van der Waals surface area (Å²) in [5, 5.41) is 18.3. The maximum absolute atomic E-state index is 10.9. The summed E-state index contributed by atoms with van der Waals surface area (Å²) in [6.07, 6.45) is 0. The number of anilines is 1. The van der Waals surface area contributed by atoms with Crippen LogP contribution in [-0.4, -0.2) is 35.2 Å². The molecule has 0 radical (unpaired) electrons. The molecular formula is C13H16ClNO4. The van der Waals surface area contributed by atoms with Crippen molar-refractivity contribution in [3.05, 3.63) is 28.8 Å². The smallest absolute Gasteiger partial charge is 0.323 e. The Morgan fingerprint density at radius 3 is 2.47 bits per heavy atom. The summed E-state index contributed by atoms with van der Waals surface area (Å²) in [4.78, 5) is 23.2. The molecule has 1 aromatic rings. The Labute approximate surface area is 116 Å². The first-order valence-corrected chi connectivity index (χ1v) is 6.14. The molecule has 1 rings (SSSR count). The lowest BCUT2D eigenvalue weighted by Crippen LogP contribution is -2.35. The number of aliphatic carboxylic acids is 2. The van der Waals surface area contributed by atoms with Gasteiger partial charge < -0.3 is 15.1 Å². The lowest BCUT2D eigenvalue weighted by atomic mass is 10.1. The first-order chi connectivity index (χ1) is 8.81. The van der Waals surface area contributed by atoms with Gasteiger partial charge in [0, 0.05) is 17.3 Å². The van der Waals surface area contributed by atoms with Crippen molar-refractivity contribution in [1.82, 2.24) is 0 Å². The molecule has 6 heteroatoms. The van der Waals surface area contributed by atoms with Crippen molar-refractivity contribution in [3.63, 3.8) is 0 Å². The van der Waals surface area contributed by atoms with Gasteiger partial charge in [-0.1, -0.05) is 24.6 Å². The predicted molar refractivity (Wildman–Crippen MR) is 72.8 cm³/mol. The van der Waals surface area contributed by atoms with Gasteiger partial charge >= 0.3 is 11.9 Å². The van der Waals surface area contributed by atoms with Crippen LogP contribution in [-0.2, 0) is 9.59 Å². The van der Waals surface area contributed by atoms with Crippen LogP contribution < -0.4 is 4.90 Å². The van der Waals surface area contributed by atoms with Crippen molar-refractivity contribution in [1.29, 1.82) is 0 Å². The zero-order valence-corrected chi connectivity index (χ0v) is 11.5. The highest BCUT2D eigenvalue weighted by molar-refractivity contribution is 6.31. The Kier molecular flexibility index (Phi) is 5.18. The maximum atomic E-state index is 10.9. The molecule has 0 aromatic heterocycles. The molecule has 5 nitrogen and oxygen atoms in total. The number of nitrogens with zero attached hydrogens (tertiary/aromatic N) is 1. The zero-order valence-electron chi connectivity index (χ0n) is 10.8. The molecule has 1 unspecified atom stereocenters. The number of hydrogen-bond donors (Lipinski definition) is 2. The van der Waals surface area contributed by atoms with E-state index in [1.165, 1.54) is 11.8 Å². The maximum Gasteiger partial charge on any atom is 0.323 e. The minimum absolute atomic E-state index is 0.112. The van der Waals surface area contributed by atoms with Crippen LogP contribution in [0.4, 0.5) is 5.69 Å². The summed E-state index contributed by atoms with van der Waals surface area (Å²) in [6.45, 7) is 3.22. The van der Waals surface area contributed by atoms with Crippen LogP contribution in [0.3, 0.4) is 0 Å². The fraction of sp³-hybridized carbons (Fsp3) is 0.385. The first kappa shape index (κ1) is 15.3. The average Bonchev–Trinajstić information content (AvgIpc) is 2.31. The summed E-state index contributed by atoms with van der Waals surface area (Å²) in [5.41, 5.74) is 1.48. The van der Waals surface area contributed by atoms with Gasteiger partial charge in [0.1, 0.15) is 6.54 Å². The lowest BCUT2D eigenvalue weighted by molar-refractivity contribution is -0.141. The molecular weight excluding hydrogens is 270 g/mol. The fourth-order valence-corrected chi connectivity index (χ4v) is 1.79. The van der Waals surface area contributed by atoms with Crippen molar-refractivity contribution in [3.8, 4) is 0 Å². The molecule has 0 aliphatic heterocycles. The first-order valence-electron chi connectivity index (χ1n) is 5.77. The molecule has 0 bridgehead atoms. The molecule has 0 aliphatic rings. The number of carboxylic acid groups (broad SMARTS) is 2. The van der Waals surface area contributed by atoms with Gasteiger partial charge in [-0.2, -0.15) is 0 Å². The molecule has 1 aromatic carbocycles. The van der Waals surface area contributed by atoms with E-state index in [2.05, 4.69) is 0 Å². The van der Waals surface area contributed by atoms with Crippen LogP contribution in [0.15, 0.2) is 18.2 Å². The second-order valence-electron chi connectivity index (χ2n) is 4.45. The van der Waals surface area contributed by atoms with E-state index in [-0.39, 0.29) is 13.1 Å². The second kappa shape index (κ2) is 6.43. The minimum Gasteiger partial charge on any atom is -0.481 e. The molecule has 0 heterocycles. The van der Waals surface area contributed by atoms with Gasteiger partial charge in [0.05, 0.1) is 5.92 Å². The van der Waals surface area contributed by atoms with E-state index in [0.29, 0.717) is 10.7 Å². The molecule has 0 saturated carbocycles. The van der Waals surface area contributed by atoms with E-state index in [0.717, 1.165) is 5.56 Å². The van der Waals surface area contributed by atoms with Gasteiger partial charge in [0.2, 0.25) is 0 Å². The van der Waals surface area contributed by atoms with Gasteiger partial charge in [-0.3, -0.25) is 9.59 Å². The largest absolute Gasteiger partial charge is 0.481 e. The molecule has 19 heavy (non-hydrogen) atoms. The van der Waals surface area contributed by atoms with Crippen LogP contribution in [0.5, 0.6) is 0 Å². The predicted octanol–water partition coefficient (Wildman–Crippen LogP) is 2.26. The standard InChI is InChI=1S/C13H16ClNO4/c1-8-3-4-10(5-11(8)14)15(7-12(16)17)6-9(2)13(18)19/h3-5,9H,6-7H2,1-2H3,(H,16,17)(H,18,19). The molecule has 104 valence electrons. The van der Waals surface area contributed by atoms with Gasteiger partial charge in [0.15, 0.2) is 0 Å². The quantitative estimate of drug-likeness (QED) is 0.838. The van der Waals surface area contributed by atoms with E-state index in [1.54, 1.807) is 18.2 Å². The van der Waals surface area contributed by atoms with Crippen molar-refractivity contribution in [2.75, 3.05) is 18.0 Å². The highest BCUT2D eigenvalue weighted by Gasteiger charge is 2.19. The highest BCUT2D eigenvalue weighted by atomic mass is 35.5. The minimum atomic E-state index is -1.02. The molecule has 0 amide bonds. The Bertz CT molecular complexity index is 490. The third-order valence-corrected chi connectivity index (χ3v) is 3.17. The molecule has 0 fully saturated rings. The Balaban J connectivity index is 2.98. The van der Waals surface area contributed by atoms with Gasteiger partial charge in [-0.15, -0.1) is 0 Å². The van der Waals surface area contributed by atoms with Crippen molar-refractivity contribution in [2.24, 2.45) is 5.92 Å². The molecule has 0 spiro atoms. The zero-order chi connectivity index (χ0) is 14.6. The average molecular weight is 286 g/mol. The Morgan fingerprint density at radius 1 is 1.37 bits per heavy atom. The van der Waals surface area contributed by atoms with Gasteiger partial charge in [-0.05, 0) is 24.6 Å². The fourth-order valence-electron chi connectivity index (χ4n) is 1.61. The monoisotopic (exact) mass is 285 g/mol. The highest BCUT2D eigenvalue weighted by Crippen LogP contribution is 2.23. The molecule has 0 saturated heterocycles. The second-order valence-corrected chi connectivity index (χ2v) is 4.85. The third kappa shape index (κ3) is 4.44. The third-order valence-electron chi connectivity index (χ3n) is 2.76. The van der Waals surface area contributed by atoms with Crippen LogP contribution in [0.1, 0.15) is 12.5 Å². The number of carboxylic acids is 2. The normalized spacial score (nSPS) is 11.9. The van der Waals surface area contributed by atoms with E-state index in [1.807, 2.05) is 6.92 Å². The number of rotatable bonds is 6. The van der Waals surface area contributed by atoms with Gasteiger partial charge in [-0.25, -0.2) is 0 Å². The summed E-state index contributed by atoms with van der Waals surface area (Å²) in [5.74, 6) is -2.65. The molecule has 0 aliphatic carbocycles. The van der Waals surface area contributed by atoms with Crippen LogP contribution in [0, 0.1) is 12.8 Å². The van der Waals surface area contributed by atoms with Crippen molar-refractivity contribution in [2.45, 2.75) is 13.8 Å². The number of aryl methyl sites for hydroxylation is 1. The van der Waals surface area contributed by atoms with Gasteiger partial charge in [0.25, 0.3) is 0 Å². The SMILES string of the molecule is Cc1ccc(N(CC(=O)O)CC(C)C(=O)O)cc1Cl. The number of benzene rings is 1. The van der Waals surface area contributed by atoms with E-state index in [4.69, 9.17) is 21.8 Å².